The smallest absolute Gasteiger partial charge is 0.0243 e. The quantitative estimate of drug-likeness (QED) is 0.705. The first kappa shape index (κ1) is 14.0. The van der Waals surface area contributed by atoms with Gasteiger partial charge >= 0.3 is 0 Å². The molecule has 0 heterocycles. The molecule has 0 radical (unpaired) electrons. The molecule has 1 atom stereocenters. The maximum absolute atomic E-state index is 5.99. The SMILES string of the molecule is CCCCN(C)C(CN)C1CCCCCC1. The number of unbranched alkanes of at least 4 members (excludes halogenated alkanes) is 1. The maximum atomic E-state index is 5.99. The Balaban J connectivity index is 2.43. The Morgan fingerprint density at radius 1 is 1.19 bits per heavy atom. The van der Waals surface area contributed by atoms with E-state index < -0.39 is 0 Å². The number of nitrogens with zero attached hydrogens (tertiary/aromatic N) is 1. The van der Waals surface area contributed by atoms with Gasteiger partial charge in [0.05, 0.1) is 0 Å². The van der Waals surface area contributed by atoms with Gasteiger partial charge in [-0.3, -0.25) is 0 Å². The lowest BCUT2D eigenvalue weighted by Crippen LogP contribution is -2.43. The molecular weight excluding hydrogens is 196 g/mol. The van der Waals surface area contributed by atoms with Crippen LogP contribution in [0, 0.1) is 5.92 Å². The first-order valence-corrected chi connectivity index (χ1v) is 7.20. The molecule has 0 spiro atoms. The number of rotatable bonds is 6. The molecule has 1 fully saturated rings. The minimum Gasteiger partial charge on any atom is -0.329 e. The van der Waals surface area contributed by atoms with Crippen molar-refractivity contribution in [3.63, 3.8) is 0 Å². The number of likely N-dealkylation sites (N-methyl/N-ethyl adjacent to an activating group) is 1. The lowest BCUT2D eigenvalue weighted by molar-refractivity contribution is 0.165. The predicted octanol–water partition coefficient (Wildman–Crippen LogP) is 3.02. The number of hydrogen-bond donors (Lipinski definition) is 1. The van der Waals surface area contributed by atoms with Gasteiger partial charge in [-0.15, -0.1) is 0 Å². The third kappa shape index (κ3) is 4.42. The Labute approximate surface area is 102 Å². The van der Waals surface area contributed by atoms with E-state index in [1.54, 1.807) is 0 Å². The lowest BCUT2D eigenvalue weighted by Gasteiger charge is -2.33. The molecule has 2 nitrogen and oxygen atoms in total. The summed E-state index contributed by atoms with van der Waals surface area (Å²) in [7, 11) is 2.26. The second-order valence-corrected chi connectivity index (χ2v) is 5.39. The molecule has 2 heteroatoms. The third-order valence-electron chi connectivity index (χ3n) is 4.12. The molecule has 0 bridgehead atoms. The molecule has 0 aliphatic heterocycles. The second kappa shape index (κ2) is 8.08. The summed E-state index contributed by atoms with van der Waals surface area (Å²) < 4.78 is 0. The van der Waals surface area contributed by atoms with Crippen molar-refractivity contribution >= 4 is 0 Å². The molecule has 0 aromatic carbocycles. The van der Waals surface area contributed by atoms with Crippen molar-refractivity contribution in [1.82, 2.24) is 4.90 Å². The topological polar surface area (TPSA) is 29.3 Å². The van der Waals surface area contributed by atoms with Crippen LogP contribution in [0.15, 0.2) is 0 Å². The highest BCUT2D eigenvalue weighted by Gasteiger charge is 2.24. The van der Waals surface area contributed by atoms with Crippen molar-refractivity contribution < 1.29 is 0 Å². The molecule has 1 rings (SSSR count). The minimum absolute atomic E-state index is 0.629. The average molecular weight is 226 g/mol. The summed E-state index contributed by atoms with van der Waals surface area (Å²) in [5, 5.41) is 0. The van der Waals surface area contributed by atoms with E-state index in [2.05, 4.69) is 18.9 Å². The number of hydrogen-bond acceptors (Lipinski definition) is 2. The van der Waals surface area contributed by atoms with E-state index in [0.29, 0.717) is 6.04 Å². The van der Waals surface area contributed by atoms with Crippen molar-refractivity contribution in [3.8, 4) is 0 Å². The maximum Gasteiger partial charge on any atom is 0.0243 e. The number of nitrogens with two attached hydrogens (primary N) is 1. The molecular formula is C14H30N2. The highest BCUT2D eigenvalue weighted by molar-refractivity contribution is 4.80. The van der Waals surface area contributed by atoms with Crippen LogP contribution >= 0.6 is 0 Å². The van der Waals surface area contributed by atoms with Gasteiger partial charge in [-0.05, 0) is 38.8 Å². The largest absolute Gasteiger partial charge is 0.329 e. The summed E-state index contributed by atoms with van der Waals surface area (Å²) in [6.07, 6.45) is 11.1. The monoisotopic (exact) mass is 226 g/mol. The summed E-state index contributed by atoms with van der Waals surface area (Å²) in [4.78, 5) is 2.51. The van der Waals surface area contributed by atoms with Crippen LogP contribution in [-0.2, 0) is 0 Å². The van der Waals surface area contributed by atoms with E-state index in [0.717, 1.165) is 12.5 Å². The summed E-state index contributed by atoms with van der Waals surface area (Å²) >= 11 is 0. The molecule has 2 N–H and O–H groups in total. The van der Waals surface area contributed by atoms with E-state index in [-0.39, 0.29) is 0 Å². The van der Waals surface area contributed by atoms with Gasteiger partial charge in [0.15, 0.2) is 0 Å². The molecule has 16 heavy (non-hydrogen) atoms. The fraction of sp³-hybridized carbons (Fsp3) is 1.00. The van der Waals surface area contributed by atoms with Gasteiger partial charge in [0.1, 0.15) is 0 Å². The standard InChI is InChI=1S/C14H30N2/c1-3-4-11-16(2)14(12-15)13-9-7-5-6-8-10-13/h13-14H,3-12,15H2,1-2H3. The fourth-order valence-electron chi connectivity index (χ4n) is 3.00. The van der Waals surface area contributed by atoms with E-state index >= 15 is 0 Å². The molecule has 1 unspecified atom stereocenters. The van der Waals surface area contributed by atoms with Crippen LogP contribution in [0.2, 0.25) is 0 Å². The molecule has 1 aliphatic carbocycles. The van der Waals surface area contributed by atoms with Gasteiger partial charge in [0, 0.05) is 12.6 Å². The van der Waals surface area contributed by atoms with Crippen LogP contribution < -0.4 is 5.73 Å². The van der Waals surface area contributed by atoms with Crippen molar-refractivity contribution in [2.45, 2.75) is 64.3 Å². The second-order valence-electron chi connectivity index (χ2n) is 5.39. The van der Waals surface area contributed by atoms with Crippen LogP contribution in [0.1, 0.15) is 58.3 Å². The highest BCUT2D eigenvalue weighted by Crippen LogP contribution is 2.27. The predicted molar refractivity (Wildman–Crippen MR) is 71.6 cm³/mol. The summed E-state index contributed by atoms with van der Waals surface area (Å²) in [6, 6.07) is 0.629. The molecule has 1 saturated carbocycles. The zero-order valence-corrected chi connectivity index (χ0v) is 11.3. The Morgan fingerprint density at radius 2 is 1.81 bits per heavy atom. The molecule has 0 amide bonds. The minimum atomic E-state index is 0.629. The molecule has 96 valence electrons. The van der Waals surface area contributed by atoms with Gasteiger partial charge in [0.2, 0.25) is 0 Å². The van der Waals surface area contributed by atoms with Gasteiger partial charge in [-0.1, -0.05) is 39.0 Å². The Morgan fingerprint density at radius 3 is 2.31 bits per heavy atom. The first-order chi connectivity index (χ1) is 7.79. The molecule has 0 saturated heterocycles. The van der Waals surface area contributed by atoms with Gasteiger partial charge < -0.3 is 10.6 Å². The zero-order chi connectivity index (χ0) is 11.8. The Bertz CT molecular complexity index is 162. The van der Waals surface area contributed by atoms with Crippen molar-refractivity contribution in [2.24, 2.45) is 11.7 Å². The van der Waals surface area contributed by atoms with Crippen LogP contribution in [0.25, 0.3) is 0 Å². The van der Waals surface area contributed by atoms with Crippen molar-refractivity contribution in [3.05, 3.63) is 0 Å². The van der Waals surface area contributed by atoms with E-state index in [9.17, 15) is 0 Å². The average Bonchev–Trinajstić information content (AvgIpc) is 2.56. The van der Waals surface area contributed by atoms with Crippen molar-refractivity contribution in [2.75, 3.05) is 20.1 Å². The van der Waals surface area contributed by atoms with E-state index in [1.807, 2.05) is 0 Å². The van der Waals surface area contributed by atoms with Crippen LogP contribution in [0.3, 0.4) is 0 Å². The van der Waals surface area contributed by atoms with E-state index in [1.165, 1.54) is 57.9 Å². The fourth-order valence-corrected chi connectivity index (χ4v) is 3.00. The summed E-state index contributed by atoms with van der Waals surface area (Å²) in [5.41, 5.74) is 5.99. The first-order valence-electron chi connectivity index (χ1n) is 7.20. The van der Waals surface area contributed by atoms with Crippen LogP contribution in [0.4, 0.5) is 0 Å². The van der Waals surface area contributed by atoms with Crippen molar-refractivity contribution in [1.29, 1.82) is 0 Å². The normalized spacial score (nSPS) is 21.0. The molecule has 0 aromatic rings. The van der Waals surface area contributed by atoms with Crippen LogP contribution in [0.5, 0.6) is 0 Å². The van der Waals surface area contributed by atoms with E-state index in [4.69, 9.17) is 5.73 Å². The zero-order valence-electron chi connectivity index (χ0n) is 11.3. The van der Waals surface area contributed by atoms with Crippen LogP contribution in [-0.4, -0.2) is 31.1 Å². The molecule has 1 aliphatic rings. The van der Waals surface area contributed by atoms with Gasteiger partial charge in [-0.25, -0.2) is 0 Å². The summed E-state index contributed by atoms with van der Waals surface area (Å²) in [5.74, 6) is 0.856. The van der Waals surface area contributed by atoms with Gasteiger partial charge in [0.25, 0.3) is 0 Å². The highest BCUT2D eigenvalue weighted by atomic mass is 15.1. The summed E-state index contributed by atoms with van der Waals surface area (Å²) in [6.45, 7) is 4.32. The van der Waals surface area contributed by atoms with Gasteiger partial charge in [-0.2, -0.15) is 0 Å². The Kier molecular flexibility index (Phi) is 7.06. The molecule has 0 aromatic heterocycles. The lowest BCUT2D eigenvalue weighted by atomic mass is 9.91. The third-order valence-corrected chi connectivity index (χ3v) is 4.12. The Hall–Kier alpha value is -0.0800.